The number of aromatic carboxylic acids is 1. The smallest absolute Gasteiger partial charge is 0.335 e. The summed E-state index contributed by atoms with van der Waals surface area (Å²) in [4.78, 5) is 13.6. The van der Waals surface area contributed by atoms with E-state index in [1.54, 1.807) is 13.8 Å². The summed E-state index contributed by atoms with van der Waals surface area (Å²) in [5.74, 6) is -1.13. The van der Waals surface area contributed by atoms with Crippen molar-refractivity contribution >= 4 is 16.0 Å². The standard InChI is InChI=1S/C18H28N2O4S/c1-12-10-14(17(21)22)11-16(13(12)2)25(23,24)19-15-6-8-20(9-7-15)18(3,4)5/h10-11,15,19H,6-9H2,1-5H3,(H,21,22). The van der Waals surface area contributed by atoms with Crippen molar-refractivity contribution in [3.8, 4) is 0 Å². The quantitative estimate of drug-likeness (QED) is 0.853. The molecular weight excluding hydrogens is 340 g/mol. The maximum atomic E-state index is 12.8. The minimum atomic E-state index is -3.75. The van der Waals surface area contributed by atoms with Crippen molar-refractivity contribution in [2.24, 2.45) is 0 Å². The summed E-state index contributed by atoms with van der Waals surface area (Å²) in [6, 6.07) is 2.62. The van der Waals surface area contributed by atoms with E-state index in [0.717, 1.165) is 25.9 Å². The average molecular weight is 368 g/mol. The lowest BCUT2D eigenvalue weighted by atomic mass is 9.99. The molecule has 1 fully saturated rings. The number of carboxylic acid groups (broad SMARTS) is 1. The number of benzene rings is 1. The maximum Gasteiger partial charge on any atom is 0.335 e. The Balaban J connectivity index is 2.20. The molecule has 0 bridgehead atoms. The van der Waals surface area contributed by atoms with Crippen LogP contribution in [-0.2, 0) is 10.0 Å². The van der Waals surface area contributed by atoms with E-state index in [1.807, 2.05) is 0 Å². The molecule has 1 heterocycles. The van der Waals surface area contributed by atoms with Gasteiger partial charge in [0, 0.05) is 24.7 Å². The Bertz CT molecular complexity index is 758. The Labute approximate surface area is 150 Å². The van der Waals surface area contributed by atoms with Gasteiger partial charge in [-0.15, -0.1) is 0 Å². The lowest BCUT2D eigenvalue weighted by Crippen LogP contribution is -2.50. The number of likely N-dealkylation sites (tertiary alicyclic amines) is 1. The topological polar surface area (TPSA) is 86.7 Å². The molecule has 0 radical (unpaired) electrons. The second kappa shape index (κ2) is 7.05. The van der Waals surface area contributed by atoms with Gasteiger partial charge in [-0.25, -0.2) is 17.9 Å². The van der Waals surface area contributed by atoms with Crippen molar-refractivity contribution in [1.82, 2.24) is 9.62 Å². The third kappa shape index (κ3) is 4.59. The first-order valence-electron chi connectivity index (χ1n) is 8.54. The van der Waals surface area contributed by atoms with Crippen LogP contribution < -0.4 is 4.72 Å². The number of nitrogens with one attached hydrogen (secondary N) is 1. The molecule has 0 aromatic heterocycles. The molecule has 0 spiro atoms. The molecule has 1 aromatic rings. The highest BCUT2D eigenvalue weighted by molar-refractivity contribution is 7.89. The molecule has 25 heavy (non-hydrogen) atoms. The molecule has 1 aliphatic rings. The van der Waals surface area contributed by atoms with Gasteiger partial charge in [0.1, 0.15) is 0 Å². The van der Waals surface area contributed by atoms with Crippen LogP contribution in [0.2, 0.25) is 0 Å². The van der Waals surface area contributed by atoms with Gasteiger partial charge < -0.3 is 5.11 Å². The number of aryl methyl sites for hydroxylation is 1. The first-order valence-corrected chi connectivity index (χ1v) is 10.0. The molecule has 0 aliphatic carbocycles. The van der Waals surface area contributed by atoms with Crippen LogP contribution >= 0.6 is 0 Å². The highest BCUT2D eigenvalue weighted by Gasteiger charge is 2.30. The molecule has 2 N–H and O–H groups in total. The summed E-state index contributed by atoms with van der Waals surface area (Å²) in [7, 11) is -3.75. The summed E-state index contributed by atoms with van der Waals surface area (Å²) >= 11 is 0. The fourth-order valence-corrected chi connectivity index (χ4v) is 4.83. The van der Waals surface area contributed by atoms with Crippen LogP contribution in [0.15, 0.2) is 17.0 Å². The van der Waals surface area contributed by atoms with E-state index in [-0.39, 0.29) is 22.0 Å². The third-order valence-electron chi connectivity index (χ3n) is 4.92. The molecule has 0 amide bonds. The van der Waals surface area contributed by atoms with Crippen LogP contribution in [0, 0.1) is 13.8 Å². The van der Waals surface area contributed by atoms with E-state index in [2.05, 4.69) is 30.4 Å². The Hall–Kier alpha value is -1.44. The molecule has 6 nitrogen and oxygen atoms in total. The van der Waals surface area contributed by atoms with Crippen molar-refractivity contribution in [1.29, 1.82) is 0 Å². The van der Waals surface area contributed by atoms with Crippen LogP contribution in [0.1, 0.15) is 55.1 Å². The number of carbonyl (C=O) groups is 1. The zero-order valence-corrected chi connectivity index (χ0v) is 16.4. The molecule has 7 heteroatoms. The number of nitrogens with zero attached hydrogens (tertiary/aromatic N) is 1. The largest absolute Gasteiger partial charge is 0.478 e. The van der Waals surface area contributed by atoms with Crippen molar-refractivity contribution < 1.29 is 18.3 Å². The van der Waals surface area contributed by atoms with Gasteiger partial charge >= 0.3 is 5.97 Å². The van der Waals surface area contributed by atoms with E-state index >= 15 is 0 Å². The van der Waals surface area contributed by atoms with Gasteiger partial charge in [0.2, 0.25) is 10.0 Å². The van der Waals surface area contributed by atoms with Crippen LogP contribution in [0.4, 0.5) is 0 Å². The number of carboxylic acids is 1. The molecule has 0 unspecified atom stereocenters. The fraction of sp³-hybridized carbons (Fsp3) is 0.611. The van der Waals surface area contributed by atoms with Gasteiger partial charge in [-0.05, 0) is 70.7 Å². The van der Waals surface area contributed by atoms with Crippen LogP contribution in [0.25, 0.3) is 0 Å². The first kappa shape index (κ1) is 19.9. The average Bonchev–Trinajstić information content (AvgIpc) is 2.48. The van der Waals surface area contributed by atoms with E-state index < -0.39 is 16.0 Å². The van der Waals surface area contributed by atoms with Crippen molar-refractivity contribution in [3.63, 3.8) is 0 Å². The highest BCUT2D eigenvalue weighted by atomic mass is 32.2. The van der Waals surface area contributed by atoms with Gasteiger partial charge in [0.25, 0.3) is 0 Å². The summed E-state index contributed by atoms with van der Waals surface area (Å²) in [6.07, 6.45) is 1.49. The second-order valence-electron chi connectivity index (χ2n) is 7.77. The van der Waals surface area contributed by atoms with Crippen molar-refractivity contribution in [3.05, 3.63) is 28.8 Å². The molecular formula is C18H28N2O4S. The highest BCUT2D eigenvalue weighted by Crippen LogP contribution is 2.24. The van der Waals surface area contributed by atoms with Gasteiger partial charge in [0.05, 0.1) is 10.5 Å². The van der Waals surface area contributed by atoms with Crippen molar-refractivity contribution in [2.75, 3.05) is 13.1 Å². The van der Waals surface area contributed by atoms with Gasteiger partial charge in [0.15, 0.2) is 0 Å². The van der Waals surface area contributed by atoms with E-state index in [1.165, 1.54) is 12.1 Å². The van der Waals surface area contributed by atoms with E-state index in [0.29, 0.717) is 11.1 Å². The monoisotopic (exact) mass is 368 g/mol. The molecule has 0 saturated carbocycles. The number of hydrogen-bond acceptors (Lipinski definition) is 4. The molecule has 140 valence electrons. The SMILES string of the molecule is Cc1cc(C(=O)O)cc(S(=O)(=O)NC2CCN(C(C)(C)C)CC2)c1C. The summed E-state index contributed by atoms with van der Waals surface area (Å²) < 4.78 is 28.4. The van der Waals surface area contributed by atoms with E-state index in [9.17, 15) is 18.3 Å². The zero-order valence-electron chi connectivity index (χ0n) is 15.6. The Morgan fingerprint density at radius 3 is 2.24 bits per heavy atom. The van der Waals surface area contributed by atoms with Crippen LogP contribution in [0.5, 0.6) is 0 Å². The number of piperidine rings is 1. The Morgan fingerprint density at radius 2 is 1.76 bits per heavy atom. The summed E-state index contributed by atoms with van der Waals surface area (Å²) in [5, 5.41) is 9.20. The van der Waals surface area contributed by atoms with Gasteiger partial charge in [-0.2, -0.15) is 0 Å². The minimum Gasteiger partial charge on any atom is -0.478 e. The maximum absolute atomic E-state index is 12.8. The van der Waals surface area contributed by atoms with Crippen molar-refractivity contribution in [2.45, 2.75) is 63.9 Å². The van der Waals surface area contributed by atoms with Crippen LogP contribution in [0.3, 0.4) is 0 Å². The zero-order chi connectivity index (χ0) is 19.0. The normalized spacial score (nSPS) is 17.6. The number of sulfonamides is 1. The Kier molecular flexibility index (Phi) is 5.61. The predicted molar refractivity (Wildman–Crippen MR) is 97.5 cm³/mol. The Morgan fingerprint density at radius 1 is 1.20 bits per heavy atom. The number of rotatable bonds is 4. The number of hydrogen-bond donors (Lipinski definition) is 2. The van der Waals surface area contributed by atoms with Crippen LogP contribution in [-0.4, -0.2) is 49.1 Å². The lowest BCUT2D eigenvalue weighted by molar-refractivity contribution is 0.0696. The van der Waals surface area contributed by atoms with Gasteiger partial charge in [-0.1, -0.05) is 0 Å². The first-order chi connectivity index (χ1) is 11.4. The van der Waals surface area contributed by atoms with E-state index in [4.69, 9.17) is 0 Å². The second-order valence-corrected chi connectivity index (χ2v) is 9.46. The molecule has 1 aliphatic heterocycles. The summed E-state index contributed by atoms with van der Waals surface area (Å²) in [5.41, 5.74) is 1.31. The third-order valence-corrected chi connectivity index (χ3v) is 6.57. The lowest BCUT2D eigenvalue weighted by Gasteiger charge is -2.40. The minimum absolute atomic E-state index is 0.00831. The molecule has 0 atom stereocenters. The van der Waals surface area contributed by atoms with Gasteiger partial charge in [-0.3, -0.25) is 4.90 Å². The molecule has 1 aromatic carbocycles. The summed E-state index contributed by atoms with van der Waals surface area (Å²) in [6.45, 7) is 11.6. The molecule has 1 saturated heterocycles. The fourth-order valence-electron chi connectivity index (χ4n) is 3.18. The molecule has 2 rings (SSSR count). The predicted octanol–water partition coefficient (Wildman–Crippen LogP) is 2.54.